The lowest BCUT2D eigenvalue weighted by Gasteiger charge is -2.17. The fourth-order valence-electron chi connectivity index (χ4n) is 2.92. The van der Waals surface area contributed by atoms with Crippen LogP contribution in [-0.2, 0) is 0 Å². The highest BCUT2D eigenvalue weighted by Gasteiger charge is 2.19. The minimum atomic E-state index is 0.250. The molecule has 3 nitrogen and oxygen atoms in total. The van der Waals surface area contributed by atoms with Gasteiger partial charge in [-0.1, -0.05) is 35.8 Å². The van der Waals surface area contributed by atoms with Crippen molar-refractivity contribution >= 4 is 28.8 Å². The van der Waals surface area contributed by atoms with Gasteiger partial charge in [-0.15, -0.1) is 0 Å². The van der Waals surface area contributed by atoms with Gasteiger partial charge in [0.2, 0.25) is 0 Å². The maximum Gasteiger partial charge on any atom is 0.162 e. The largest absolute Gasteiger partial charge is 0.493 e. The Morgan fingerprint density at radius 3 is 2.58 bits per heavy atom. The summed E-state index contributed by atoms with van der Waals surface area (Å²) in [6.45, 7) is 4.13. The number of nitrogens with zero attached hydrogens (tertiary/aromatic N) is 1. The third-order valence-electron chi connectivity index (χ3n) is 4.20. The van der Waals surface area contributed by atoms with Gasteiger partial charge in [0.1, 0.15) is 0 Å². The lowest BCUT2D eigenvalue weighted by molar-refractivity contribution is 0.201. The van der Waals surface area contributed by atoms with Gasteiger partial charge < -0.3 is 9.47 Å². The molecule has 1 aliphatic carbocycles. The molecule has 0 saturated heterocycles. The first-order valence-electron chi connectivity index (χ1n) is 7.94. The predicted molar refractivity (Wildman–Crippen MR) is 98.3 cm³/mol. The summed E-state index contributed by atoms with van der Waals surface area (Å²) in [6, 6.07) is 7.41. The van der Waals surface area contributed by atoms with E-state index in [1.807, 2.05) is 18.2 Å². The van der Waals surface area contributed by atoms with Crippen LogP contribution in [0.3, 0.4) is 0 Å². The quantitative estimate of drug-likeness (QED) is 0.674. The number of aromatic nitrogens is 1. The van der Waals surface area contributed by atoms with Crippen molar-refractivity contribution in [2.75, 3.05) is 7.11 Å². The van der Waals surface area contributed by atoms with Crippen molar-refractivity contribution in [2.45, 2.75) is 31.8 Å². The van der Waals surface area contributed by atoms with Crippen molar-refractivity contribution in [3.05, 3.63) is 58.3 Å². The molecule has 0 atom stereocenters. The molecule has 0 spiro atoms. The first-order chi connectivity index (χ1) is 11.6. The Balaban J connectivity index is 1.91. The molecular weight excluding hydrogens is 345 g/mol. The number of hydrogen-bond donors (Lipinski definition) is 0. The molecule has 5 heteroatoms. The zero-order valence-electron chi connectivity index (χ0n) is 13.5. The average molecular weight is 364 g/mol. The summed E-state index contributed by atoms with van der Waals surface area (Å²) in [5, 5.41) is 0.970. The van der Waals surface area contributed by atoms with E-state index in [-0.39, 0.29) is 6.10 Å². The molecule has 0 unspecified atom stereocenters. The third kappa shape index (κ3) is 3.68. The van der Waals surface area contributed by atoms with Crippen LogP contribution >= 0.6 is 23.2 Å². The van der Waals surface area contributed by atoms with Gasteiger partial charge in [0.25, 0.3) is 0 Å². The molecule has 3 rings (SSSR count). The Labute approximate surface area is 152 Å². The van der Waals surface area contributed by atoms with Crippen LogP contribution in [0.5, 0.6) is 11.5 Å². The minimum Gasteiger partial charge on any atom is -0.493 e. The Morgan fingerprint density at radius 2 is 1.92 bits per heavy atom. The van der Waals surface area contributed by atoms with Gasteiger partial charge in [0.15, 0.2) is 11.5 Å². The van der Waals surface area contributed by atoms with E-state index in [9.17, 15) is 0 Å². The second-order valence-electron chi connectivity index (χ2n) is 5.85. The molecule has 1 aromatic carbocycles. The van der Waals surface area contributed by atoms with Crippen molar-refractivity contribution in [2.24, 2.45) is 0 Å². The molecule has 126 valence electrons. The van der Waals surface area contributed by atoms with Gasteiger partial charge in [-0.25, -0.2) is 0 Å². The maximum atomic E-state index is 6.25. The summed E-state index contributed by atoms with van der Waals surface area (Å²) >= 11 is 12.2. The summed E-state index contributed by atoms with van der Waals surface area (Å²) < 4.78 is 11.6. The van der Waals surface area contributed by atoms with E-state index in [0.717, 1.165) is 29.7 Å². The van der Waals surface area contributed by atoms with Gasteiger partial charge in [-0.05, 0) is 49.4 Å². The van der Waals surface area contributed by atoms with Crippen LogP contribution in [0.1, 0.15) is 36.9 Å². The smallest absolute Gasteiger partial charge is 0.162 e. The van der Waals surface area contributed by atoms with Gasteiger partial charge in [-0.2, -0.15) is 0 Å². The molecule has 0 amide bonds. The maximum absolute atomic E-state index is 6.25. The van der Waals surface area contributed by atoms with Crippen LogP contribution in [0.4, 0.5) is 0 Å². The normalized spacial score (nSPS) is 14.6. The number of methoxy groups -OCH3 is 1. The summed E-state index contributed by atoms with van der Waals surface area (Å²) in [6.07, 6.45) is 6.40. The monoisotopic (exact) mass is 363 g/mol. The summed E-state index contributed by atoms with van der Waals surface area (Å²) in [5.41, 5.74) is 2.22. The van der Waals surface area contributed by atoms with Crippen LogP contribution in [0.15, 0.2) is 37.0 Å². The number of pyridine rings is 1. The fourth-order valence-corrected chi connectivity index (χ4v) is 3.41. The van der Waals surface area contributed by atoms with E-state index in [1.165, 1.54) is 12.8 Å². The minimum absolute atomic E-state index is 0.250. The first-order valence-corrected chi connectivity index (χ1v) is 8.69. The molecule has 0 radical (unpaired) electrons. The molecule has 0 bridgehead atoms. The molecule has 1 saturated carbocycles. The molecule has 1 aliphatic rings. The summed E-state index contributed by atoms with van der Waals surface area (Å²) in [5.74, 6) is 1.45. The Morgan fingerprint density at radius 1 is 1.17 bits per heavy atom. The number of benzene rings is 1. The van der Waals surface area contributed by atoms with Gasteiger partial charge in [0, 0.05) is 11.8 Å². The van der Waals surface area contributed by atoms with Crippen molar-refractivity contribution < 1.29 is 9.47 Å². The lowest BCUT2D eigenvalue weighted by atomic mass is 10.0. The number of ether oxygens (including phenoxy) is 2. The van der Waals surface area contributed by atoms with E-state index in [0.29, 0.717) is 21.5 Å². The van der Waals surface area contributed by atoms with Gasteiger partial charge in [0.05, 0.1) is 29.0 Å². The Hall–Kier alpha value is -1.71. The van der Waals surface area contributed by atoms with Crippen molar-refractivity contribution in [3.63, 3.8) is 0 Å². The summed E-state index contributed by atoms with van der Waals surface area (Å²) in [7, 11) is 1.64. The molecule has 1 aromatic heterocycles. The highest BCUT2D eigenvalue weighted by molar-refractivity contribution is 6.35. The zero-order valence-corrected chi connectivity index (χ0v) is 15.0. The topological polar surface area (TPSA) is 31.4 Å². The first kappa shape index (κ1) is 17.1. The predicted octanol–water partition coefficient (Wildman–Crippen LogP) is 5.78. The van der Waals surface area contributed by atoms with Crippen LogP contribution in [0, 0.1) is 0 Å². The van der Waals surface area contributed by atoms with Crippen molar-refractivity contribution in [3.8, 4) is 11.5 Å². The molecular formula is C19H19Cl2NO2. The standard InChI is InChI=1S/C19H19Cl2NO2/c1-12(19-16(21)10-14(20)11-22-19)13-7-8-17(23-2)18(9-13)24-15-5-3-4-6-15/h7-11,15H,1,3-6H2,2H3. The van der Waals surface area contributed by atoms with Crippen LogP contribution in [-0.4, -0.2) is 18.2 Å². The Bertz CT molecular complexity index is 755. The van der Waals surface area contributed by atoms with E-state index >= 15 is 0 Å². The van der Waals surface area contributed by atoms with E-state index in [2.05, 4.69) is 11.6 Å². The highest BCUT2D eigenvalue weighted by atomic mass is 35.5. The third-order valence-corrected chi connectivity index (χ3v) is 4.70. The van der Waals surface area contributed by atoms with Crippen molar-refractivity contribution in [1.82, 2.24) is 4.98 Å². The molecule has 1 heterocycles. The second-order valence-corrected chi connectivity index (χ2v) is 6.70. The van der Waals surface area contributed by atoms with Crippen LogP contribution in [0.2, 0.25) is 10.0 Å². The second kappa shape index (κ2) is 7.45. The van der Waals surface area contributed by atoms with Gasteiger partial charge in [-0.3, -0.25) is 4.98 Å². The molecule has 0 aliphatic heterocycles. The molecule has 0 N–H and O–H groups in total. The SMILES string of the molecule is C=C(c1ccc(OC)c(OC2CCCC2)c1)c1ncc(Cl)cc1Cl. The highest BCUT2D eigenvalue weighted by Crippen LogP contribution is 2.36. The van der Waals surface area contributed by atoms with Crippen LogP contribution in [0.25, 0.3) is 5.57 Å². The average Bonchev–Trinajstić information content (AvgIpc) is 3.07. The van der Waals surface area contributed by atoms with E-state index in [1.54, 1.807) is 19.4 Å². The van der Waals surface area contributed by atoms with E-state index in [4.69, 9.17) is 32.7 Å². The number of hydrogen-bond acceptors (Lipinski definition) is 3. The molecule has 24 heavy (non-hydrogen) atoms. The number of rotatable bonds is 5. The fraction of sp³-hybridized carbons (Fsp3) is 0.316. The number of halogens is 2. The lowest BCUT2D eigenvalue weighted by Crippen LogP contribution is -2.11. The molecule has 2 aromatic rings. The Kier molecular flexibility index (Phi) is 5.32. The van der Waals surface area contributed by atoms with Gasteiger partial charge >= 0.3 is 0 Å². The van der Waals surface area contributed by atoms with Crippen LogP contribution < -0.4 is 9.47 Å². The molecule has 1 fully saturated rings. The van der Waals surface area contributed by atoms with Crippen molar-refractivity contribution in [1.29, 1.82) is 0 Å². The summed E-state index contributed by atoms with van der Waals surface area (Å²) in [4.78, 5) is 4.29. The van der Waals surface area contributed by atoms with E-state index < -0.39 is 0 Å². The zero-order chi connectivity index (χ0) is 17.1.